The van der Waals surface area contributed by atoms with E-state index in [1.807, 2.05) is 0 Å². The van der Waals surface area contributed by atoms with Crippen molar-refractivity contribution in [2.24, 2.45) is 0 Å². The van der Waals surface area contributed by atoms with Crippen molar-refractivity contribution in [2.75, 3.05) is 13.1 Å². The molecular weight excluding hydrogens is 172 g/mol. The zero-order valence-corrected chi connectivity index (χ0v) is 9.04. The van der Waals surface area contributed by atoms with Crippen LogP contribution in [-0.4, -0.2) is 36.1 Å². The van der Waals surface area contributed by atoms with Crippen molar-refractivity contribution in [3.63, 3.8) is 0 Å². The molecule has 2 aliphatic carbocycles. The first-order valence-electron chi connectivity index (χ1n) is 6.44. The predicted molar refractivity (Wildman–Crippen MR) is 58.4 cm³/mol. The predicted octanol–water partition coefficient (Wildman–Crippen LogP) is 1.76. The Kier molecular flexibility index (Phi) is 2.50. The molecule has 2 saturated carbocycles. The van der Waals surface area contributed by atoms with E-state index in [4.69, 9.17) is 0 Å². The molecule has 1 aliphatic heterocycles. The maximum absolute atomic E-state index is 3.69. The van der Waals surface area contributed by atoms with Crippen LogP contribution in [0.2, 0.25) is 0 Å². The topological polar surface area (TPSA) is 15.3 Å². The molecule has 2 atom stereocenters. The molecule has 80 valence electrons. The van der Waals surface area contributed by atoms with Crippen molar-refractivity contribution in [3.8, 4) is 0 Å². The SMILES string of the molecule is C1CCC(N2CCN[C@@H]3CCC[C@H]32)C1. The summed E-state index contributed by atoms with van der Waals surface area (Å²) in [6.07, 6.45) is 10.2. The van der Waals surface area contributed by atoms with Gasteiger partial charge in [0.1, 0.15) is 0 Å². The van der Waals surface area contributed by atoms with Gasteiger partial charge in [0.15, 0.2) is 0 Å². The van der Waals surface area contributed by atoms with E-state index in [9.17, 15) is 0 Å². The van der Waals surface area contributed by atoms with E-state index in [1.165, 1.54) is 58.0 Å². The molecule has 3 rings (SSSR count). The fourth-order valence-corrected chi connectivity index (χ4v) is 3.81. The van der Waals surface area contributed by atoms with Gasteiger partial charge in [-0.15, -0.1) is 0 Å². The van der Waals surface area contributed by atoms with Gasteiger partial charge in [-0.2, -0.15) is 0 Å². The Balaban J connectivity index is 1.70. The molecule has 2 heteroatoms. The molecule has 0 spiro atoms. The van der Waals surface area contributed by atoms with Gasteiger partial charge in [-0.1, -0.05) is 19.3 Å². The smallest absolute Gasteiger partial charge is 0.0252 e. The first-order chi connectivity index (χ1) is 6.95. The normalized spacial score (nSPS) is 40.3. The van der Waals surface area contributed by atoms with E-state index < -0.39 is 0 Å². The first-order valence-corrected chi connectivity index (χ1v) is 6.44. The van der Waals surface area contributed by atoms with Crippen LogP contribution in [0.4, 0.5) is 0 Å². The number of nitrogens with zero attached hydrogens (tertiary/aromatic N) is 1. The Morgan fingerprint density at radius 2 is 1.79 bits per heavy atom. The van der Waals surface area contributed by atoms with E-state index in [0.29, 0.717) is 0 Å². The summed E-state index contributed by atoms with van der Waals surface area (Å²) in [4.78, 5) is 2.85. The molecule has 0 radical (unpaired) electrons. The van der Waals surface area contributed by atoms with Crippen LogP contribution in [0, 0.1) is 0 Å². The van der Waals surface area contributed by atoms with E-state index in [-0.39, 0.29) is 0 Å². The van der Waals surface area contributed by atoms with Crippen molar-refractivity contribution in [2.45, 2.75) is 63.1 Å². The molecule has 0 unspecified atom stereocenters. The lowest BCUT2D eigenvalue weighted by atomic mass is 10.0. The van der Waals surface area contributed by atoms with Crippen LogP contribution < -0.4 is 5.32 Å². The third-order valence-electron chi connectivity index (χ3n) is 4.48. The molecule has 0 amide bonds. The van der Waals surface area contributed by atoms with Crippen molar-refractivity contribution in [1.82, 2.24) is 10.2 Å². The van der Waals surface area contributed by atoms with Gasteiger partial charge in [-0.3, -0.25) is 4.90 Å². The van der Waals surface area contributed by atoms with Crippen molar-refractivity contribution >= 4 is 0 Å². The minimum Gasteiger partial charge on any atom is -0.311 e. The zero-order valence-electron chi connectivity index (χ0n) is 9.04. The van der Waals surface area contributed by atoms with Crippen LogP contribution in [0.3, 0.4) is 0 Å². The minimum atomic E-state index is 0.837. The Morgan fingerprint density at radius 3 is 2.64 bits per heavy atom. The molecule has 14 heavy (non-hydrogen) atoms. The first kappa shape index (κ1) is 9.17. The van der Waals surface area contributed by atoms with Gasteiger partial charge < -0.3 is 5.32 Å². The maximum Gasteiger partial charge on any atom is 0.0252 e. The minimum absolute atomic E-state index is 0.837. The second kappa shape index (κ2) is 3.82. The summed E-state index contributed by atoms with van der Waals surface area (Å²) >= 11 is 0. The molecule has 3 fully saturated rings. The lowest BCUT2D eigenvalue weighted by Gasteiger charge is -2.42. The maximum atomic E-state index is 3.69. The van der Waals surface area contributed by atoms with Crippen molar-refractivity contribution in [3.05, 3.63) is 0 Å². The van der Waals surface area contributed by atoms with Crippen LogP contribution in [0.1, 0.15) is 44.9 Å². The van der Waals surface area contributed by atoms with Crippen molar-refractivity contribution in [1.29, 1.82) is 0 Å². The van der Waals surface area contributed by atoms with E-state index in [0.717, 1.165) is 18.1 Å². The number of hydrogen-bond donors (Lipinski definition) is 1. The molecule has 2 nitrogen and oxygen atoms in total. The Hall–Kier alpha value is -0.0800. The Labute approximate surface area is 87.0 Å². The highest BCUT2D eigenvalue weighted by molar-refractivity contribution is 4.97. The molecule has 1 saturated heterocycles. The lowest BCUT2D eigenvalue weighted by Crippen LogP contribution is -2.57. The van der Waals surface area contributed by atoms with Crippen molar-refractivity contribution < 1.29 is 0 Å². The van der Waals surface area contributed by atoms with Gasteiger partial charge in [0.25, 0.3) is 0 Å². The third kappa shape index (κ3) is 1.49. The lowest BCUT2D eigenvalue weighted by molar-refractivity contribution is 0.0897. The molecule has 0 aromatic heterocycles. The molecular formula is C12H22N2. The quantitative estimate of drug-likeness (QED) is 0.684. The number of nitrogens with one attached hydrogen (secondary N) is 1. The standard InChI is InChI=1S/C12H22N2/c1-2-5-10(4-1)14-9-8-13-11-6-3-7-12(11)14/h10-13H,1-9H2/t11-,12-/m1/s1. The zero-order chi connectivity index (χ0) is 9.38. The largest absolute Gasteiger partial charge is 0.311 e. The number of rotatable bonds is 1. The van der Waals surface area contributed by atoms with E-state index in [2.05, 4.69) is 10.2 Å². The van der Waals surface area contributed by atoms with Gasteiger partial charge in [-0.05, 0) is 25.7 Å². The van der Waals surface area contributed by atoms with Crippen LogP contribution in [0.25, 0.3) is 0 Å². The Bertz CT molecular complexity index is 198. The average molecular weight is 194 g/mol. The van der Waals surface area contributed by atoms with Crippen LogP contribution in [-0.2, 0) is 0 Å². The van der Waals surface area contributed by atoms with Gasteiger partial charge in [0, 0.05) is 31.2 Å². The second-order valence-corrected chi connectivity index (χ2v) is 5.23. The summed E-state index contributed by atoms with van der Waals surface area (Å²) in [7, 11) is 0. The third-order valence-corrected chi connectivity index (χ3v) is 4.48. The summed E-state index contributed by atoms with van der Waals surface area (Å²) in [5.41, 5.74) is 0. The molecule has 0 bridgehead atoms. The summed E-state index contributed by atoms with van der Waals surface area (Å²) in [5.74, 6) is 0. The second-order valence-electron chi connectivity index (χ2n) is 5.23. The fourth-order valence-electron chi connectivity index (χ4n) is 3.81. The highest BCUT2D eigenvalue weighted by Crippen LogP contribution is 2.32. The summed E-state index contributed by atoms with van der Waals surface area (Å²) in [6, 6.07) is 2.68. The van der Waals surface area contributed by atoms with E-state index >= 15 is 0 Å². The molecule has 1 N–H and O–H groups in total. The highest BCUT2D eigenvalue weighted by atomic mass is 15.3. The van der Waals surface area contributed by atoms with Gasteiger partial charge in [0.05, 0.1) is 0 Å². The monoisotopic (exact) mass is 194 g/mol. The molecule has 0 aromatic carbocycles. The van der Waals surface area contributed by atoms with Gasteiger partial charge >= 0.3 is 0 Å². The molecule has 1 heterocycles. The van der Waals surface area contributed by atoms with Crippen LogP contribution in [0.15, 0.2) is 0 Å². The van der Waals surface area contributed by atoms with Gasteiger partial charge in [0.2, 0.25) is 0 Å². The highest BCUT2D eigenvalue weighted by Gasteiger charge is 2.38. The molecule has 0 aromatic rings. The van der Waals surface area contributed by atoms with Gasteiger partial charge in [-0.25, -0.2) is 0 Å². The molecule has 3 aliphatic rings. The number of piperazine rings is 1. The summed E-state index contributed by atoms with van der Waals surface area (Å²) in [6.45, 7) is 2.55. The number of hydrogen-bond acceptors (Lipinski definition) is 2. The summed E-state index contributed by atoms with van der Waals surface area (Å²) < 4.78 is 0. The fraction of sp³-hybridized carbons (Fsp3) is 1.00. The van der Waals surface area contributed by atoms with Crippen LogP contribution >= 0.6 is 0 Å². The summed E-state index contributed by atoms with van der Waals surface area (Å²) in [5, 5.41) is 3.69. The van der Waals surface area contributed by atoms with Crippen LogP contribution in [0.5, 0.6) is 0 Å². The average Bonchev–Trinajstić information content (AvgIpc) is 2.88. The Morgan fingerprint density at radius 1 is 0.929 bits per heavy atom. The van der Waals surface area contributed by atoms with E-state index in [1.54, 1.807) is 0 Å². The number of fused-ring (bicyclic) bond motifs is 1.